The maximum atomic E-state index is 14.6. The van der Waals surface area contributed by atoms with Crippen LogP contribution < -0.4 is 14.4 Å². The Morgan fingerprint density at radius 1 is 0.870 bits per heavy atom. The molecule has 4 aromatic carbocycles. The van der Waals surface area contributed by atoms with Gasteiger partial charge in [-0.05, 0) is 80.8 Å². The van der Waals surface area contributed by atoms with E-state index in [-0.39, 0.29) is 35.2 Å². The lowest BCUT2D eigenvalue weighted by Gasteiger charge is -2.35. The first-order chi connectivity index (χ1) is 21.8. The van der Waals surface area contributed by atoms with E-state index < -0.39 is 34.1 Å². The minimum Gasteiger partial charge on any atom is -0.495 e. The maximum Gasteiger partial charge on any atom is 0.264 e. The van der Waals surface area contributed by atoms with Crippen molar-refractivity contribution in [2.75, 3.05) is 18.0 Å². The van der Waals surface area contributed by atoms with E-state index >= 15 is 0 Å². The molecule has 1 atom stereocenters. The first-order valence-electron chi connectivity index (χ1n) is 14.9. The Morgan fingerprint density at radius 3 is 2.11 bits per heavy atom. The molecule has 4 rings (SSSR count). The molecule has 242 valence electrons. The van der Waals surface area contributed by atoms with Crippen molar-refractivity contribution < 1.29 is 22.7 Å². The number of hydrogen-bond donors (Lipinski definition) is 1. The van der Waals surface area contributed by atoms with Crippen LogP contribution >= 0.6 is 11.6 Å². The van der Waals surface area contributed by atoms with Crippen molar-refractivity contribution in [2.24, 2.45) is 0 Å². The van der Waals surface area contributed by atoms with E-state index in [0.29, 0.717) is 10.6 Å². The number of nitrogens with one attached hydrogen (secondary N) is 1. The first kappa shape index (κ1) is 34.5. The number of halogens is 1. The van der Waals surface area contributed by atoms with Gasteiger partial charge >= 0.3 is 0 Å². The van der Waals surface area contributed by atoms with Crippen molar-refractivity contribution in [2.45, 2.75) is 57.1 Å². The summed E-state index contributed by atoms with van der Waals surface area (Å²) < 4.78 is 35.1. The number of carbonyl (C=O) groups excluding carboxylic acids is 2. The van der Waals surface area contributed by atoms with Crippen LogP contribution in [-0.2, 0) is 32.6 Å². The third kappa shape index (κ3) is 8.89. The molecule has 0 aliphatic carbocycles. The zero-order valence-corrected chi connectivity index (χ0v) is 28.3. The van der Waals surface area contributed by atoms with Gasteiger partial charge in [0, 0.05) is 23.5 Å². The largest absolute Gasteiger partial charge is 0.495 e. The molecular weight excluding hydrogens is 622 g/mol. The zero-order chi connectivity index (χ0) is 33.5. The van der Waals surface area contributed by atoms with Gasteiger partial charge in [-0.1, -0.05) is 78.3 Å². The second-order valence-electron chi connectivity index (χ2n) is 12.1. The smallest absolute Gasteiger partial charge is 0.264 e. The van der Waals surface area contributed by atoms with Gasteiger partial charge in [0.2, 0.25) is 11.8 Å². The molecule has 0 spiro atoms. The molecule has 4 aromatic rings. The molecule has 0 saturated heterocycles. The summed E-state index contributed by atoms with van der Waals surface area (Å²) >= 11 is 6.32. The van der Waals surface area contributed by atoms with Gasteiger partial charge in [0.25, 0.3) is 10.0 Å². The van der Waals surface area contributed by atoms with Crippen LogP contribution in [0, 0.1) is 6.92 Å². The number of ether oxygens (including phenoxy) is 1. The lowest BCUT2D eigenvalue weighted by Crippen LogP contribution is -2.56. The molecule has 46 heavy (non-hydrogen) atoms. The lowest BCUT2D eigenvalue weighted by atomic mass is 10.0. The van der Waals surface area contributed by atoms with Gasteiger partial charge in [-0.2, -0.15) is 0 Å². The number of hydrogen-bond acceptors (Lipinski definition) is 5. The van der Waals surface area contributed by atoms with Crippen molar-refractivity contribution in [3.05, 3.63) is 125 Å². The Labute approximate surface area is 277 Å². The van der Waals surface area contributed by atoms with Gasteiger partial charge in [0.15, 0.2) is 0 Å². The summed E-state index contributed by atoms with van der Waals surface area (Å²) in [5, 5.41) is 3.50. The molecule has 0 fully saturated rings. The van der Waals surface area contributed by atoms with Crippen LogP contribution in [0.15, 0.2) is 108 Å². The summed E-state index contributed by atoms with van der Waals surface area (Å²) in [6, 6.07) is 28.5. The standard InChI is InChI=1S/C36H40ClN3O5S/c1-26-19-20-33(45-5)31(21-26)40(46(43,44)30-17-10-7-11-18-30)25-34(41)39(24-28-15-12-16-29(37)22-28)32(35(42)38-36(2,3)4)23-27-13-8-6-9-14-27/h6-22,32H,23-25H2,1-5H3,(H,38,42). The Hall–Kier alpha value is -4.34. The van der Waals surface area contributed by atoms with Crippen LogP contribution in [0.25, 0.3) is 0 Å². The lowest BCUT2D eigenvalue weighted by molar-refractivity contribution is -0.140. The maximum absolute atomic E-state index is 14.6. The van der Waals surface area contributed by atoms with Crippen LogP contribution in [0.3, 0.4) is 0 Å². The highest BCUT2D eigenvalue weighted by molar-refractivity contribution is 7.92. The van der Waals surface area contributed by atoms with Crippen molar-refractivity contribution in [1.82, 2.24) is 10.2 Å². The molecule has 0 bridgehead atoms. The van der Waals surface area contributed by atoms with Gasteiger partial charge in [0.05, 0.1) is 17.7 Å². The number of anilines is 1. The van der Waals surface area contributed by atoms with Crippen LogP contribution in [0.5, 0.6) is 5.75 Å². The van der Waals surface area contributed by atoms with Gasteiger partial charge in [-0.3, -0.25) is 13.9 Å². The monoisotopic (exact) mass is 661 g/mol. The molecule has 0 aliphatic rings. The SMILES string of the molecule is COc1ccc(C)cc1N(CC(=O)N(Cc1cccc(Cl)c1)C(Cc1ccccc1)C(=O)NC(C)(C)C)S(=O)(=O)c1ccccc1. The first-order valence-corrected chi connectivity index (χ1v) is 16.7. The number of rotatable bonds is 12. The fourth-order valence-corrected chi connectivity index (χ4v) is 6.72. The highest BCUT2D eigenvalue weighted by atomic mass is 35.5. The number of benzene rings is 4. The van der Waals surface area contributed by atoms with Gasteiger partial charge in [0.1, 0.15) is 18.3 Å². The molecule has 10 heteroatoms. The van der Waals surface area contributed by atoms with Crippen molar-refractivity contribution >= 4 is 39.1 Å². The summed E-state index contributed by atoms with van der Waals surface area (Å²) in [4.78, 5) is 30.1. The Bertz CT molecular complexity index is 1760. The molecule has 1 N–H and O–H groups in total. The van der Waals surface area contributed by atoms with E-state index in [1.165, 1.54) is 24.1 Å². The third-order valence-electron chi connectivity index (χ3n) is 7.22. The van der Waals surface area contributed by atoms with E-state index in [1.54, 1.807) is 54.6 Å². The number of aryl methyl sites for hydroxylation is 1. The number of methoxy groups -OCH3 is 1. The van der Waals surface area contributed by atoms with E-state index in [1.807, 2.05) is 64.1 Å². The Kier molecular flexibility index (Phi) is 11.1. The minimum absolute atomic E-state index is 0.0125. The molecular formula is C36H40ClN3O5S. The predicted octanol–water partition coefficient (Wildman–Crippen LogP) is 6.41. The summed E-state index contributed by atoms with van der Waals surface area (Å²) in [5.74, 6) is -0.657. The predicted molar refractivity (Wildman–Crippen MR) is 183 cm³/mol. The van der Waals surface area contributed by atoms with E-state index in [4.69, 9.17) is 16.3 Å². The number of sulfonamides is 1. The highest BCUT2D eigenvalue weighted by Gasteiger charge is 2.36. The normalized spacial score (nSPS) is 12.2. The van der Waals surface area contributed by atoms with Crippen LogP contribution in [-0.4, -0.2) is 50.4 Å². The minimum atomic E-state index is -4.26. The molecule has 0 saturated carbocycles. The summed E-state index contributed by atoms with van der Waals surface area (Å²) in [6.45, 7) is 6.85. The van der Waals surface area contributed by atoms with Gasteiger partial charge in [-0.25, -0.2) is 8.42 Å². The topological polar surface area (TPSA) is 96.0 Å². The molecule has 8 nitrogen and oxygen atoms in total. The van der Waals surface area contributed by atoms with Crippen molar-refractivity contribution in [3.63, 3.8) is 0 Å². The average molecular weight is 662 g/mol. The fraction of sp³-hybridized carbons (Fsp3) is 0.278. The van der Waals surface area contributed by atoms with Crippen molar-refractivity contribution in [1.29, 1.82) is 0 Å². The number of carbonyl (C=O) groups is 2. The summed E-state index contributed by atoms with van der Waals surface area (Å²) in [7, 11) is -2.82. The van der Waals surface area contributed by atoms with Gasteiger partial charge in [-0.15, -0.1) is 0 Å². The van der Waals surface area contributed by atoms with Crippen molar-refractivity contribution in [3.8, 4) is 5.75 Å². The molecule has 0 heterocycles. The molecule has 0 aromatic heterocycles. The second kappa shape index (κ2) is 14.8. The number of nitrogens with zero attached hydrogens (tertiary/aromatic N) is 2. The number of amides is 2. The molecule has 2 amide bonds. The fourth-order valence-electron chi connectivity index (χ4n) is 5.07. The van der Waals surface area contributed by atoms with E-state index in [9.17, 15) is 18.0 Å². The van der Waals surface area contributed by atoms with E-state index in [0.717, 1.165) is 15.4 Å². The summed E-state index contributed by atoms with van der Waals surface area (Å²) in [6.07, 6.45) is 0.203. The third-order valence-corrected chi connectivity index (χ3v) is 9.23. The second-order valence-corrected chi connectivity index (χ2v) is 14.4. The molecule has 1 unspecified atom stereocenters. The van der Waals surface area contributed by atoms with Crippen LogP contribution in [0.1, 0.15) is 37.5 Å². The molecule has 0 aliphatic heterocycles. The van der Waals surface area contributed by atoms with Crippen LogP contribution in [0.4, 0.5) is 5.69 Å². The van der Waals surface area contributed by atoms with Crippen LogP contribution in [0.2, 0.25) is 5.02 Å². The zero-order valence-electron chi connectivity index (χ0n) is 26.7. The summed E-state index contributed by atoms with van der Waals surface area (Å²) in [5.41, 5.74) is 1.93. The Morgan fingerprint density at radius 2 is 1.50 bits per heavy atom. The quantitative estimate of drug-likeness (QED) is 0.189. The Balaban J connectivity index is 1.86. The van der Waals surface area contributed by atoms with Gasteiger partial charge < -0.3 is 15.0 Å². The van der Waals surface area contributed by atoms with E-state index in [2.05, 4.69) is 5.32 Å². The highest BCUT2D eigenvalue weighted by Crippen LogP contribution is 2.34. The molecule has 0 radical (unpaired) electrons. The average Bonchev–Trinajstić information content (AvgIpc) is 3.01.